The van der Waals surface area contributed by atoms with Gasteiger partial charge in [-0.25, -0.2) is 9.97 Å². The molecule has 3 heterocycles. The van der Waals surface area contributed by atoms with Gasteiger partial charge in [0.15, 0.2) is 11.4 Å². The van der Waals surface area contributed by atoms with Crippen molar-refractivity contribution in [1.29, 1.82) is 0 Å². The van der Waals surface area contributed by atoms with Crippen molar-refractivity contribution in [2.24, 2.45) is 0 Å². The highest BCUT2D eigenvalue weighted by molar-refractivity contribution is 6.14. The molecule has 0 N–H and O–H groups in total. The summed E-state index contributed by atoms with van der Waals surface area (Å²) in [6.45, 7) is 1.98. The Morgan fingerprint density at radius 1 is 0.963 bits per heavy atom. The van der Waals surface area contributed by atoms with Gasteiger partial charge in [-0.1, -0.05) is 36.4 Å². The quantitative estimate of drug-likeness (QED) is 0.388. The first-order valence-electron chi connectivity index (χ1n) is 8.65. The standard InChI is InChI=1S/C23H17N3O/c1-16-12-19-22(18-7-3-2-4-8-18)20(15-26-23(19)25-13-16)21(27)10-9-17-6-5-11-24-14-17/h2-15H,1H3/b10-9+. The van der Waals surface area contributed by atoms with Crippen molar-refractivity contribution in [2.45, 2.75) is 6.92 Å². The number of rotatable bonds is 4. The summed E-state index contributed by atoms with van der Waals surface area (Å²) < 4.78 is 0. The van der Waals surface area contributed by atoms with Crippen LogP contribution >= 0.6 is 0 Å². The lowest BCUT2D eigenvalue weighted by molar-refractivity contribution is 0.104. The lowest BCUT2D eigenvalue weighted by atomic mass is 9.94. The Labute approximate surface area is 157 Å². The van der Waals surface area contributed by atoms with Crippen molar-refractivity contribution < 1.29 is 4.79 Å². The Kier molecular flexibility index (Phi) is 4.54. The molecule has 4 heteroatoms. The van der Waals surface area contributed by atoms with Crippen LogP contribution in [0.4, 0.5) is 0 Å². The van der Waals surface area contributed by atoms with E-state index in [1.165, 1.54) is 0 Å². The second-order valence-corrected chi connectivity index (χ2v) is 6.28. The average Bonchev–Trinajstić information content (AvgIpc) is 2.72. The number of hydrogen-bond donors (Lipinski definition) is 0. The zero-order valence-electron chi connectivity index (χ0n) is 14.8. The Morgan fingerprint density at radius 3 is 2.56 bits per heavy atom. The molecule has 0 unspecified atom stereocenters. The van der Waals surface area contributed by atoms with Gasteiger partial charge in [-0.05, 0) is 47.9 Å². The zero-order chi connectivity index (χ0) is 18.6. The maximum absolute atomic E-state index is 13.0. The third-order valence-electron chi connectivity index (χ3n) is 4.30. The number of allylic oxidation sites excluding steroid dienone is 1. The molecule has 130 valence electrons. The highest BCUT2D eigenvalue weighted by Gasteiger charge is 2.16. The van der Waals surface area contributed by atoms with Crippen LogP contribution in [0.25, 0.3) is 28.2 Å². The maximum Gasteiger partial charge on any atom is 0.188 e. The third kappa shape index (κ3) is 3.51. The second kappa shape index (κ2) is 7.30. The second-order valence-electron chi connectivity index (χ2n) is 6.28. The van der Waals surface area contributed by atoms with E-state index in [0.717, 1.165) is 27.6 Å². The van der Waals surface area contributed by atoms with Crippen molar-refractivity contribution in [3.05, 3.63) is 96.1 Å². The van der Waals surface area contributed by atoms with E-state index in [1.807, 2.05) is 55.5 Å². The van der Waals surface area contributed by atoms with Crippen LogP contribution in [0.5, 0.6) is 0 Å². The van der Waals surface area contributed by atoms with Gasteiger partial charge in [0.05, 0.1) is 0 Å². The van der Waals surface area contributed by atoms with Crippen molar-refractivity contribution in [3.63, 3.8) is 0 Å². The summed E-state index contributed by atoms with van der Waals surface area (Å²) in [6, 6.07) is 15.7. The third-order valence-corrected chi connectivity index (χ3v) is 4.30. The Balaban J connectivity index is 1.87. The molecule has 0 aliphatic rings. The Morgan fingerprint density at radius 2 is 1.78 bits per heavy atom. The molecule has 0 atom stereocenters. The number of fused-ring (bicyclic) bond motifs is 1. The SMILES string of the molecule is Cc1cnc2ncc(C(=O)/C=C/c3cccnc3)c(-c3ccccc3)c2c1. The van der Waals surface area contributed by atoms with Crippen LogP contribution in [-0.4, -0.2) is 20.7 Å². The minimum absolute atomic E-state index is 0.103. The molecule has 0 spiro atoms. The van der Waals surface area contributed by atoms with E-state index in [4.69, 9.17) is 0 Å². The van der Waals surface area contributed by atoms with Crippen LogP contribution in [0.3, 0.4) is 0 Å². The zero-order valence-corrected chi connectivity index (χ0v) is 14.8. The Hall–Kier alpha value is -3.66. The average molecular weight is 351 g/mol. The van der Waals surface area contributed by atoms with Crippen LogP contribution in [0.1, 0.15) is 21.5 Å². The molecule has 0 bridgehead atoms. The maximum atomic E-state index is 13.0. The Bertz CT molecular complexity index is 1140. The van der Waals surface area contributed by atoms with E-state index in [1.54, 1.807) is 36.9 Å². The number of hydrogen-bond acceptors (Lipinski definition) is 4. The fraction of sp³-hybridized carbons (Fsp3) is 0.0435. The van der Waals surface area contributed by atoms with Gasteiger partial charge in [0.1, 0.15) is 0 Å². The summed E-state index contributed by atoms with van der Waals surface area (Å²) in [5.74, 6) is -0.103. The predicted octanol–water partition coefficient (Wildman–Crippen LogP) is 4.90. The number of pyridine rings is 3. The fourth-order valence-corrected chi connectivity index (χ4v) is 3.02. The lowest BCUT2D eigenvalue weighted by Crippen LogP contribution is -2.01. The summed E-state index contributed by atoms with van der Waals surface area (Å²) in [5, 5.41) is 0.877. The summed E-state index contributed by atoms with van der Waals surface area (Å²) in [6.07, 6.45) is 10.2. The topological polar surface area (TPSA) is 55.7 Å². The van der Waals surface area contributed by atoms with E-state index in [0.29, 0.717) is 11.2 Å². The first kappa shape index (κ1) is 16.8. The largest absolute Gasteiger partial charge is 0.289 e. The number of carbonyl (C=O) groups is 1. The van der Waals surface area contributed by atoms with E-state index < -0.39 is 0 Å². The number of ketones is 1. The number of aromatic nitrogens is 3. The van der Waals surface area contributed by atoms with Gasteiger partial charge in [0, 0.05) is 41.3 Å². The van der Waals surface area contributed by atoms with Gasteiger partial charge in [-0.3, -0.25) is 9.78 Å². The monoisotopic (exact) mass is 351 g/mol. The summed E-state index contributed by atoms with van der Waals surface area (Å²) in [5.41, 5.74) is 4.91. The van der Waals surface area contributed by atoms with Gasteiger partial charge in [-0.15, -0.1) is 0 Å². The summed E-state index contributed by atoms with van der Waals surface area (Å²) in [4.78, 5) is 25.9. The van der Waals surface area contributed by atoms with E-state index in [2.05, 4.69) is 15.0 Å². The molecule has 27 heavy (non-hydrogen) atoms. The van der Waals surface area contributed by atoms with Crippen LogP contribution in [0.15, 0.2) is 79.4 Å². The highest BCUT2D eigenvalue weighted by Crippen LogP contribution is 2.31. The summed E-state index contributed by atoms with van der Waals surface area (Å²) >= 11 is 0. The minimum Gasteiger partial charge on any atom is -0.289 e. The number of nitrogens with zero attached hydrogens (tertiary/aromatic N) is 3. The van der Waals surface area contributed by atoms with Crippen molar-refractivity contribution in [2.75, 3.05) is 0 Å². The molecule has 0 aliphatic carbocycles. The molecule has 4 nitrogen and oxygen atoms in total. The van der Waals surface area contributed by atoms with Gasteiger partial charge < -0.3 is 0 Å². The number of benzene rings is 1. The van der Waals surface area contributed by atoms with Crippen molar-refractivity contribution >= 4 is 22.9 Å². The van der Waals surface area contributed by atoms with Gasteiger partial charge >= 0.3 is 0 Å². The molecule has 0 fully saturated rings. The van der Waals surface area contributed by atoms with Gasteiger partial charge in [-0.2, -0.15) is 0 Å². The minimum atomic E-state index is -0.103. The molecule has 4 aromatic rings. The smallest absolute Gasteiger partial charge is 0.188 e. The summed E-state index contributed by atoms with van der Waals surface area (Å²) in [7, 11) is 0. The molecule has 4 rings (SSSR count). The molecule has 0 aliphatic heterocycles. The van der Waals surface area contributed by atoms with Crippen LogP contribution in [0.2, 0.25) is 0 Å². The van der Waals surface area contributed by atoms with E-state index in [9.17, 15) is 4.79 Å². The van der Waals surface area contributed by atoms with E-state index >= 15 is 0 Å². The van der Waals surface area contributed by atoms with Crippen molar-refractivity contribution in [3.8, 4) is 11.1 Å². The van der Waals surface area contributed by atoms with Crippen molar-refractivity contribution in [1.82, 2.24) is 15.0 Å². The first-order valence-corrected chi connectivity index (χ1v) is 8.65. The number of carbonyl (C=O) groups excluding carboxylic acids is 1. The van der Waals surface area contributed by atoms with Gasteiger partial charge in [0.25, 0.3) is 0 Å². The molecular weight excluding hydrogens is 334 g/mol. The van der Waals surface area contributed by atoms with Gasteiger partial charge in [0.2, 0.25) is 0 Å². The molecule has 0 saturated heterocycles. The number of aryl methyl sites for hydroxylation is 1. The molecule has 3 aromatic heterocycles. The van der Waals surface area contributed by atoms with E-state index in [-0.39, 0.29) is 5.78 Å². The first-order chi connectivity index (χ1) is 13.2. The van der Waals surface area contributed by atoms with Crippen LogP contribution < -0.4 is 0 Å². The molecule has 1 aromatic carbocycles. The highest BCUT2D eigenvalue weighted by atomic mass is 16.1. The lowest BCUT2D eigenvalue weighted by Gasteiger charge is -2.11. The van der Waals surface area contributed by atoms with Crippen LogP contribution in [-0.2, 0) is 0 Å². The molecule has 0 saturated carbocycles. The normalized spacial score (nSPS) is 11.1. The fourth-order valence-electron chi connectivity index (χ4n) is 3.02. The van der Waals surface area contributed by atoms with Crippen LogP contribution in [0, 0.1) is 6.92 Å². The molecular formula is C23H17N3O. The molecule has 0 radical (unpaired) electrons. The molecule has 0 amide bonds. The predicted molar refractivity (Wildman–Crippen MR) is 107 cm³/mol.